The molecule has 0 saturated carbocycles. The smallest absolute Gasteiger partial charge is 0.249 e. The normalized spacial score (nSPS) is 11.3. The van der Waals surface area contributed by atoms with Gasteiger partial charge in [0.2, 0.25) is 5.91 Å². The molecule has 0 bridgehead atoms. The maximum absolute atomic E-state index is 12.2. The highest BCUT2D eigenvalue weighted by atomic mass is 79.9. The Morgan fingerprint density at radius 2 is 1.81 bits per heavy atom. The molecule has 6 heteroatoms. The summed E-state index contributed by atoms with van der Waals surface area (Å²) in [4.78, 5) is 12.2. The van der Waals surface area contributed by atoms with Crippen molar-refractivity contribution in [1.29, 1.82) is 0 Å². The summed E-state index contributed by atoms with van der Waals surface area (Å²) < 4.78 is 3.20. The number of hydrogen-bond acceptors (Lipinski definition) is 1. The molecule has 0 atom stereocenters. The van der Waals surface area contributed by atoms with Crippen molar-refractivity contribution in [2.75, 3.05) is 0 Å². The van der Waals surface area contributed by atoms with E-state index in [2.05, 4.69) is 38.7 Å². The van der Waals surface area contributed by atoms with Crippen LogP contribution in [0, 0.1) is 6.07 Å². The lowest BCUT2D eigenvalue weighted by Gasteiger charge is -2.11. The first-order valence-corrected chi connectivity index (χ1v) is 11.4. The first-order chi connectivity index (χ1) is 15.4. The summed E-state index contributed by atoms with van der Waals surface area (Å²) in [7, 11) is 0. The predicted molar refractivity (Wildman–Crippen MR) is 135 cm³/mol. The summed E-state index contributed by atoms with van der Waals surface area (Å²) in [5.41, 5.74) is 10.9. The number of hydrogen-bond donors (Lipinski definition) is 1. The summed E-state index contributed by atoms with van der Waals surface area (Å²) in [5.74, 6) is -0.464. The van der Waals surface area contributed by atoms with Crippen molar-refractivity contribution in [3.8, 4) is 11.1 Å². The number of benzene rings is 4. The molecule has 0 saturated heterocycles. The average molecular weight is 523 g/mol. The number of fused-ring (bicyclic) bond motifs is 3. The van der Waals surface area contributed by atoms with Gasteiger partial charge >= 0.3 is 0 Å². The van der Waals surface area contributed by atoms with Gasteiger partial charge in [0.15, 0.2) is 0 Å². The Morgan fingerprint density at radius 3 is 2.56 bits per heavy atom. The fraction of sp³-hybridized carbons (Fsp3) is 0.0385. The Morgan fingerprint density at radius 1 is 1.00 bits per heavy atom. The molecule has 1 heterocycles. The third-order valence-electron chi connectivity index (χ3n) is 5.59. The van der Waals surface area contributed by atoms with Crippen LogP contribution in [0.3, 0.4) is 0 Å². The molecular weight excluding hydrogens is 507 g/mol. The van der Waals surface area contributed by atoms with Crippen molar-refractivity contribution >= 4 is 66.8 Å². The van der Waals surface area contributed by atoms with E-state index in [-0.39, 0.29) is 0 Å². The number of rotatable bonds is 4. The summed E-state index contributed by atoms with van der Waals surface area (Å²) in [6.07, 6.45) is 0. The molecular formula is C26H16BrCl2N2O. The molecule has 0 aliphatic carbocycles. The van der Waals surface area contributed by atoms with Crippen molar-refractivity contribution < 1.29 is 4.79 Å². The standard InChI is InChI=1S/C26H16BrCl2N2O/c27-21-6-2-1-4-16(21)14-31-23-7-3-5-20(26(30)32)25(23)19-10-8-15(12-24(19)31)18-11-9-17(28)13-22(18)29/h1-9,11-13H,14H2,(H2,30,32). The van der Waals surface area contributed by atoms with Crippen molar-refractivity contribution in [2.24, 2.45) is 5.73 Å². The predicted octanol–water partition coefficient (Wildman–Crippen LogP) is 7.48. The first-order valence-electron chi connectivity index (χ1n) is 9.89. The minimum Gasteiger partial charge on any atom is -0.366 e. The summed E-state index contributed by atoms with van der Waals surface area (Å²) in [6, 6.07) is 26.5. The quantitative estimate of drug-likeness (QED) is 0.261. The van der Waals surface area contributed by atoms with Crippen LogP contribution < -0.4 is 5.73 Å². The zero-order valence-electron chi connectivity index (χ0n) is 16.7. The Hall–Kier alpha value is -2.79. The molecule has 0 aliphatic heterocycles. The second kappa shape index (κ2) is 8.28. The van der Waals surface area contributed by atoms with Gasteiger partial charge in [-0.2, -0.15) is 0 Å². The zero-order chi connectivity index (χ0) is 22.4. The van der Waals surface area contributed by atoms with Crippen LogP contribution in [0.15, 0.2) is 77.3 Å². The van der Waals surface area contributed by atoms with E-state index < -0.39 is 5.91 Å². The number of carbonyl (C=O) groups is 1. The monoisotopic (exact) mass is 521 g/mol. The zero-order valence-corrected chi connectivity index (χ0v) is 19.8. The van der Waals surface area contributed by atoms with E-state index in [1.54, 1.807) is 12.1 Å². The Balaban J connectivity index is 1.82. The van der Waals surface area contributed by atoms with Gasteiger partial charge in [-0.1, -0.05) is 69.5 Å². The Bertz CT molecular complexity index is 1520. The van der Waals surface area contributed by atoms with E-state index in [1.807, 2.05) is 48.5 Å². The van der Waals surface area contributed by atoms with Gasteiger partial charge in [-0.05, 0) is 59.7 Å². The molecule has 4 aromatic carbocycles. The van der Waals surface area contributed by atoms with Gasteiger partial charge in [0.25, 0.3) is 0 Å². The highest BCUT2D eigenvalue weighted by Gasteiger charge is 2.18. The largest absolute Gasteiger partial charge is 0.366 e. The molecule has 32 heavy (non-hydrogen) atoms. The number of nitrogens with zero attached hydrogens (tertiary/aromatic N) is 1. The van der Waals surface area contributed by atoms with Gasteiger partial charge in [0.05, 0.1) is 11.0 Å². The third-order valence-corrected chi connectivity index (χ3v) is 6.91. The number of primary amides is 1. The van der Waals surface area contributed by atoms with Crippen LogP contribution in [0.1, 0.15) is 15.9 Å². The molecule has 3 nitrogen and oxygen atoms in total. The SMILES string of the molecule is NC(=O)c1cccc2c1c1[c]cc(-c3ccc(Cl)cc3Cl)cc1n2Cc1ccccc1Br. The van der Waals surface area contributed by atoms with Crippen LogP contribution in [-0.4, -0.2) is 10.5 Å². The van der Waals surface area contributed by atoms with Crippen LogP contribution in [0.4, 0.5) is 0 Å². The van der Waals surface area contributed by atoms with Crippen LogP contribution in [0.2, 0.25) is 10.0 Å². The highest BCUT2D eigenvalue weighted by Crippen LogP contribution is 2.37. The number of carbonyl (C=O) groups excluding carboxylic acids is 1. The minimum atomic E-state index is -0.464. The lowest BCUT2D eigenvalue weighted by molar-refractivity contribution is 0.100. The molecule has 0 aliphatic rings. The maximum Gasteiger partial charge on any atom is 0.249 e. The molecule has 5 rings (SSSR count). The number of nitrogens with two attached hydrogens (primary N) is 1. The summed E-state index contributed by atoms with van der Waals surface area (Å²) in [6.45, 7) is 0.606. The Labute approximate surface area is 203 Å². The summed E-state index contributed by atoms with van der Waals surface area (Å²) >= 11 is 16.2. The lowest BCUT2D eigenvalue weighted by Crippen LogP contribution is -2.11. The minimum absolute atomic E-state index is 0.464. The molecule has 1 aromatic heterocycles. The summed E-state index contributed by atoms with van der Waals surface area (Å²) in [5, 5.41) is 2.79. The van der Waals surface area contributed by atoms with Gasteiger partial charge in [-0.25, -0.2) is 0 Å². The van der Waals surface area contributed by atoms with Gasteiger partial charge in [0, 0.05) is 43.0 Å². The first kappa shape index (κ1) is 21.1. The van der Waals surface area contributed by atoms with Crippen molar-refractivity contribution in [3.63, 3.8) is 0 Å². The van der Waals surface area contributed by atoms with Crippen molar-refractivity contribution in [1.82, 2.24) is 4.57 Å². The van der Waals surface area contributed by atoms with E-state index in [0.29, 0.717) is 22.2 Å². The van der Waals surface area contributed by atoms with Gasteiger partial charge in [0.1, 0.15) is 0 Å². The van der Waals surface area contributed by atoms with E-state index in [1.165, 1.54) is 0 Å². The molecule has 1 radical (unpaired) electrons. The van der Waals surface area contributed by atoms with E-state index >= 15 is 0 Å². The highest BCUT2D eigenvalue weighted by molar-refractivity contribution is 9.10. The molecule has 157 valence electrons. The van der Waals surface area contributed by atoms with Crippen LogP contribution in [-0.2, 0) is 6.54 Å². The fourth-order valence-electron chi connectivity index (χ4n) is 4.11. The maximum atomic E-state index is 12.2. The third kappa shape index (κ3) is 3.58. The second-order valence-corrected chi connectivity index (χ2v) is 9.21. The molecule has 0 unspecified atom stereocenters. The van der Waals surface area contributed by atoms with Crippen LogP contribution >= 0.6 is 39.1 Å². The van der Waals surface area contributed by atoms with E-state index in [4.69, 9.17) is 28.9 Å². The van der Waals surface area contributed by atoms with E-state index in [9.17, 15) is 4.79 Å². The number of aromatic nitrogens is 1. The topological polar surface area (TPSA) is 48.0 Å². The number of amides is 1. The molecule has 1 amide bonds. The van der Waals surface area contributed by atoms with Gasteiger partial charge < -0.3 is 10.3 Å². The van der Waals surface area contributed by atoms with Crippen molar-refractivity contribution in [3.05, 3.63) is 105 Å². The molecule has 0 spiro atoms. The van der Waals surface area contributed by atoms with Gasteiger partial charge in [-0.15, -0.1) is 0 Å². The average Bonchev–Trinajstić information content (AvgIpc) is 3.08. The fourth-order valence-corrected chi connectivity index (χ4v) is 5.04. The molecule has 5 aromatic rings. The van der Waals surface area contributed by atoms with E-state index in [0.717, 1.165) is 43.0 Å². The lowest BCUT2D eigenvalue weighted by atomic mass is 10.0. The second-order valence-electron chi connectivity index (χ2n) is 7.51. The molecule has 2 N–H and O–H groups in total. The number of halogens is 3. The molecule has 0 fully saturated rings. The van der Waals surface area contributed by atoms with Crippen molar-refractivity contribution in [2.45, 2.75) is 6.54 Å². The Kier molecular flexibility index (Phi) is 5.46. The van der Waals surface area contributed by atoms with Crippen LogP contribution in [0.5, 0.6) is 0 Å². The van der Waals surface area contributed by atoms with Crippen LogP contribution in [0.25, 0.3) is 32.9 Å². The van der Waals surface area contributed by atoms with Gasteiger partial charge in [-0.3, -0.25) is 4.79 Å².